The Hall–Kier alpha value is -3.00. The molecule has 0 saturated heterocycles. The van der Waals surface area contributed by atoms with Crippen LogP contribution in [0.4, 0.5) is 0 Å². The van der Waals surface area contributed by atoms with Crippen molar-refractivity contribution in [2.75, 3.05) is 0 Å². The smallest absolute Gasteiger partial charge is 0.326 e. The van der Waals surface area contributed by atoms with Crippen molar-refractivity contribution in [1.29, 1.82) is 0 Å². The summed E-state index contributed by atoms with van der Waals surface area (Å²) in [6.07, 6.45) is 1.94. The second-order valence-corrected chi connectivity index (χ2v) is 8.43. The molecule has 1 amide bonds. The first-order chi connectivity index (χ1) is 14.2. The molecular formula is C22H25N3O4S. The molecule has 0 saturated carbocycles. The first-order valence-corrected chi connectivity index (χ1v) is 10.7. The van der Waals surface area contributed by atoms with Crippen molar-refractivity contribution < 1.29 is 14.7 Å². The molecule has 7 nitrogen and oxygen atoms in total. The highest BCUT2D eigenvalue weighted by atomic mass is 32.1. The van der Waals surface area contributed by atoms with Crippen LogP contribution in [0.3, 0.4) is 0 Å². The van der Waals surface area contributed by atoms with Crippen LogP contribution in [0.15, 0.2) is 29.1 Å². The fourth-order valence-corrected chi connectivity index (χ4v) is 4.66. The Kier molecular flexibility index (Phi) is 6.36. The number of primary amides is 1. The predicted octanol–water partition coefficient (Wildman–Crippen LogP) is 3.38. The number of benzene rings is 1. The molecule has 8 heteroatoms. The summed E-state index contributed by atoms with van der Waals surface area (Å²) in [4.78, 5) is 42.6. The third-order valence-corrected chi connectivity index (χ3v) is 6.39. The number of carbonyl (C=O) groups excluding carboxylic acids is 1. The highest BCUT2D eigenvalue weighted by molar-refractivity contribution is 7.20. The van der Waals surface area contributed by atoms with Crippen molar-refractivity contribution in [3.8, 4) is 0 Å². The van der Waals surface area contributed by atoms with Gasteiger partial charge >= 0.3 is 5.97 Å². The van der Waals surface area contributed by atoms with Crippen molar-refractivity contribution in [2.24, 2.45) is 5.73 Å². The van der Waals surface area contributed by atoms with E-state index in [4.69, 9.17) is 5.73 Å². The molecule has 30 heavy (non-hydrogen) atoms. The third kappa shape index (κ3) is 4.14. The lowest BCUT2D eigenvalue weighted by Gasteiger charge is -2.19. The van der Waals surface area contributed by atoms with Crippen LogP contribution in [0.1, 0.15) is 58.0 Å². The normalized spacial score (nSPS) is 12.2. The molecule has 3 N–H and O–H groups in total. The Bertz CT molecular complexity index is 1160. The minimum atomic E-state index is -1.08. The minimum absolute atomic E-state index is 0.258. The first-order valence-electron chi connectivity index (χ1n) is 9.87. The zero-order chi connectivity index (χ0) is 22.0. The number of nitrogens with two attached hydrogens (primary N) is 1. The van der Waals surface area contributed by atoms with Gasteiger partial charge in [0.15, 0.2) is 0 Å². The summed E-state index contributed by atoms with van der Waals surface area (Å²) in [6.45, 7) is 5.58. The van der Waals surface area contributed by atoms with E-state index in [0.29, 0.717) is 35.5 Å². The lowest BCUT2D eigenvalue weighted by Crippen LogP contribution is -2.34. The van der Waals surface area contributed by atoms with E-state index in [1.807, 2.05) is 38.1 Å². The molecule has 0 aliphatic carbocycles. The molecule has 3 rings (SSSR count). The number of nitrogens with zero attached hydrogens (tertiary/aromatic N) is 2. The molecule has 1 atom stereocenters. The molecule has 2 aromatic heterocycles. The SMILES string of the molecule is CCCc1nc2sc(C(N)=O)c(C)c2c(=O)n1C(CCc1ccc(C)cc1)C(=O)O. The molecule has 0 aliphatic rings. The molecule has 0 aliphatic heterocycles. The molecule has 0 bridgehead atoms. The van der Waals surface area contributed by atoms with Crippen LogP contribution in [-0.4, -0.2) is 26.5 Å². The average Bonchev–Trinajstić information content (AvgIpc) is 3.02. The van der Waals surface area contributed by atoms with E-state index < -0.39 is 23.5 Å². The summed E-state index contributed by atoms with van der Waals surface area (Å²) in [7, 11) is 0. The van der Waals surface area contributed by atoms with Crippen molar-refractivity contribution >= 4 is 33.4 Å². The van der Waals surface area contributed by atoms with Gasteiger partial charge in [-0.1, -0.05) is 36.8 Å². The van der Waals surface area contributed by atoms with Gasteiger partial charge in [-0.2, -0.15) is 0 Å². The van der Waals surface area contributed by atoms with Gasteiger partial charge in [0.1, 0.15) is 16.7 Å². The summed E-state index contributed by atoms with van der Waals surface area (Å²) in [5.74, 6) is -1.28. The highest BCUT2D eigenvalue weighted by Crippen LogP contribution is 2.28. The molecule has 0 radical (unpaired) electrons. The average molecular weight is 428 g/mol. The Morgan fingerprint density at radius 1 is 1.20 bits per heavy atom. The van der Waals surface area contributed by atoms with Gasteiger partial charge in [0.2, 0.25) is 0 Å². The summed E-state index contributed by atoms with van der Waals surface area (Å²) in [5.41, 5.74) is 7.60. The molecular weight excluding hydrogens is 402 g/mol. The van der Waals surface area contributed by atoms with Gasteiger partial charge in [0.05, 0.1) is 10.3 Å². The van der Waals surface area contributed by atoms with Crippen LogP contribution in [0.25, 0.3) is 10.2 Å². The van der Waals surface area contributed by atoms with Gasteiger partial charge in [-0.25, -0.2) is 9.78 Å². The van der Waals surface area contributed by atoms with E-state index in [1.54, 1.807) is 6.92 Å². The van der Waals surface area contributed by atoms with Crippen LogP contribution in [-0.2, 0) is 17.6 Å². The van der Waals surface area contributed by atoms with Gasteiger partial charge in [-0.15, -0.1) is 11.3 Å². The van der Waals surface area contributed by atoms with Gasteiger partial charge in [0, 0.05) is 6.42 Å². The second kappa shape index (κ2) is 8.79. The minimum Gasteiger partial charge on any atom is -0.480 e. The van der Waals surface area contributed by atoms with Gasteiger partial charge < -0.3 is 10.8 Å². The largest absolute Gasteiger partial charge is 0.480 e. The van der Waals surface area contributed by atoms with E-state index in [-0.39, 0.29) is 16.7 Å². The standard InChI is InChI=1S/C22H25N3O4S/c1-4-5-16-24-20-17(13(3)18(30-20)19(23)26)21(27)25(16)15(22(28)29)11-10-14-8-6-12(2)7-9-14/h6-9,15H,4-5,10-11H2,1-3H3,(H2,23,26)(H,28,29). The quantitative estimate of drug-likeness (QED) is 0.572. The van der Waals surface area contributed by atoms with Gasteiger partial charge in [0.25, 0.3) is 11.5 Å². The van der Waals surface area contributed by atoms with E-state index in [2.05, 4.69) is 4.98 Å². The van der Waals surface area contributed by atoms with Crippen LogP contribution in [0, 0.1) is 13.8 Å². The number of carboxylic acids is 1. The summed E-state index contributed by atoms with van der Waals surface area (Å²) < 4.78 is 1.30. The number of aryl methyl sites for hydroxylation is 4. The van der Waals surface area contributed by atoms with E-state index in [9.17, 15) is 19.5 Å². The number of fused-ring (bicyclic) bond motifs is 1. The van der Waals surface area contributed by atoms with Crippen molar-refractivity contribution in [3.63, 3.8) is 0 Å². The molecule has 1 unspecified atom stereocenters. The number of aromatic nitrogens is 2. The van der Waals surface area contributed by atoms with Crippen molar-refractivity contribution in [2.45, 2.75) is 52.5 Å². The lowest BCUT2D eigenvalue weighted by atomic mass is 10.0. The molecule has 0 spiro atoms. The summed E-state index contributed by atoms with van der Waals surface area (Å²) >= 11 is 1.08. The number of thiophene rings is 1. The fourth-order valence-electron chi connectivity index (χ4n) is 3.62. The third-order valence-electron chi connectivity index (χ3n) is 5.19. The second-order valence-electron chi connectivity index (χ2n) is 7.43. The number of hydrogen-bond acceptors (Lipinski definition) is 5. The Balaban J connectivity index is 2.12. The monoisotopic (exact) mass is 427 g/mol. The van der Waals surface area contributed by atoms with Crippen LogP contribution >= 0.6 is 11.3 Å². The summed E-state index contributed by atoms with van der Waals surface area (Å²) in [5, 5.41) is 10.2. The maximum Gasteiger partial charge on any atom is 0.326 e. The fraction of sp³-hybridized carbons (Fsp3) is 0.364. The predicted molar refractivity (Wildman–Crippen MR) is 117 cm³/mol. The topological polar surface area (TPSA) is 115 Å². The maximum atomic E-state index is 13.4. The Morgan fingerprint density at radius 2 is 1.87 bits per heavy atom. The molecule has 158 valence electrons. The van der Waals surface area contributed by atoms with Gasteiger partial charge in [-0.05, 0) is 44.2 Å². The number of hydrogen-bond donors (Lipinski definition) is 2. The number of amides is 1. The molecule has 2 heterocycles. The van der Waals surface area contributed by atoms with Crippen molar-refractivity contribution in [3.05, 3.63) is 62.0 Å². The number of aliphatic carboxylic acids is 1. The van der Waals surface area contributed by atoms with Crippen LogP contribution < -0.4 is 11.3 Å². The molecule has 3 aromatic rings. The van der Waals surface area contributed by atoms with E-state index >= 15 is 0 Å². The maximum absolute atomic E-state index is 13.4. The lowest BCUT2D eigenvalue weighted by molar-refractivity contribution is -0.141. The molecule has 1 aromatic carbocycles. The van der Waals surface area contributed by atoms with Gasteiger partial charge in [-0.3, -0.25) is 14.2 Å². The number of carbonyl (C=O) groups is 2. The zero-order valence-corrected chi connectivity index (χ0v) is 18.1. The zero-order valence-electron chi connectivity index (χ0n) is 17.3. The van der Waals surface area contributed by atoms with Crippen LogP contribution in [0.2, 0.25) is 0 Å². The Morgan fingerprint density at radius 3 is 2.43 bits per heavy atom. The summed E-state index contributed by atoms with van der Waals surface area (Å²) in [6, 6.07) is 6.84. The number of carboxylic acid groups (broad SMARTS) is 1. The van der Waals surface area contributed by atoms with Crippen LogP contribution in [0.5, 0.6) is 0 Å². The Labute approximate surface area is 178 Å². The van der Waals surface area contributed by atoms with E-state index in [0.717, 1.165) is 22.5 Å². The first kappa shape index (κ1) is 21.7. The number of rotatable bonds is 8. The highest BCUT2D eigenvalue weighted by Gasteiger charge is 2.27. The van der Waals surface area contributed by atoms with Crippen molar-refractivity contribution in [1.82, 2.24) is 9.55 Å². The molecule has 0 fully saturated rings. The van der Waals surface area contributed by atoms with E-state index in [1.165, 1.54) is 4.57 Å².